The van der Waals surface area contributed by atoms with Crippen LogP contribution in [-0.4, -0.2) is 31.1 Å². The van der Waals surface area contributed by atoms with E-state index in [9.17, 15) is 8.42 Å². The van der Waals surface area contributed by atoms with Crippen LogP contribution in [0.4, 0.5) is 0 Å². The van der Waals surface area contributed by atoms with Crippen molar-refractivity contribution in [2.45, 2.75) is 29.7 Å². The van der Waals surface area contributed by atoms with Gasteiger partial charge in [-0.3, -0.25) is 0 Å². The largest absolute Gasteiger partial charge is 0.392 e. The third kappa shape index (κ3) is 3.45. The quantitative estimate of drug-likeness (QED) is 0.881. The highest BCUT2D eigenvalue weighted by Gasteiger charge is 2.23. The van der Waals surface area contributed by atoms with Gasteiger partial charge in [-0.2, -0.15) is 11.8 Å². The van der Waals surface area contributed by atoms with Crippen molar-refractivity contribution in [2.75, 3.05) is 11.5 Å². The Hall–Kier alpha value is -0.0800. The molecule has 1 atom stereocenters. The first-order chi connectivity index (χ1) is 8.12. The van der Waals surface area contributed by atoms with E-state index in [2.05, 4.69) is 4.72 Å². The van der Waals surface area contributed by atoms with E-state index < -0.39 is 10.0 Å². The van der Waals surface area contributed by atoms with Gasteiger partial charge < -0.3 is 5.11 Å². The molecule has 7 heteroatoms. The maximum Gasteiger partial charge on any atom is 0.250 e. The molecule has 2 heterocycles. The molecule has 0 aliphatic carbocycles. The Labute approximate surface area is 109 Å². The Kier molecular flexibility index (Phi) is 4.48. The first-order valence-electron chi connectivity index (χ1n) is 5.40. The van der Waals surface area contributed by atoms with E-state index in [-0.39, 0.29) is 16.9 Å². The van der Waals surface area contributed by atoms with Gasteiger partial charge in [-0.1, -0.05) is 0 Å². The second kappa shape index (κ2) is 5.71. The molecule has 0 bridgehead atoms. The summed E-state index contributed by atoms with van der Waals surface area (Å²) in [4.78, 5) is 0. The minimum absolute atomic E-state index is 0.0402. The van der Waals surface area contributed by atoms with Gasteiger partial charge in [0.1, 0.15) is 4.21 Å². The van der Waals surface area contributed by atoms with Gasteiger partial charge in [0.15, 0.2) is 0 Å². The van der Waals surface area contributed by atoms with Crippen LogP contribution in [0, 0.1) is 0 Å². The van der Waals surface area contributed by atoms with Gasteiger partial charge in [0.05, 0.1) is 6.61 Å². The average Bonchev–Trinajstić information content (AvgIpc) is 2.79. The summed E-state index contributed by atoms with van der Waals surface area (Å²) in [7, 11) is -3.41. The predicted octanol–water partition coefficient (Wildman–Crippen LogP) is 1.41. The van der Waals surface area contributed by atoms with E-state index in [1.165, 1.54) is 6.07 Å². The van der Waals surface area contributed by atoms with Crippen LogP contribution in [0.15, 0.2) is 15.7 Å². The molecule has 1 unspecified atom stereocenters. The van der Waals surface area contributed by atoms with Gasteiger partial charge in [-0.05, 0) is 35.6 Å². The number of sulfonamides is 1. The van der Waals surface area contributed by atoms with Crippen molar-refractivity contribution in [2.24, 2.45) is 0 Å². The zero-order valence-corrected chi connectivity index (χ0v) is 11.7. The molecule has 0 saturated carbocycles. The standard InChI is InChI=1S/C10H15NO3S3/c12-5-8-4-10(16-6-8)17(13,14)11-9-2-1-3-15-7-9/h4,6,9,11-12H,1-3,5,7H2. The molecule has 96 valence electrons. The van der Waals surface area contributed by atoms with Gasteiger partial charge in [0.25, 0.3) is 0 Å². The Bertz CT molecular complexity index is 463. The molecule has 0 aromatic carbocycles. The van der Waals surface area contributed by atoms with Gasteiger partial charge in [0, 0.05) is 11.8 Å². The fraction of sp³-hybridized carbons (Fsp3) is 0.600. The molecule has 2 N–H and O–H groups in total. The monoisotopic (exact) mass is 293 g/mol. The molecule has 1 saturated heterocycles. The number of thiophene rings is 1. The lowest BCUT2D eigenvalue weighted by atomic mass is 10.2. The number of rotatable bonds is 4. The normalized spacial score (nSPS) is 21.6. The number of hydrogen-bond acceptors (Lipinski definition) is 5. The zero-order chi connectivity index (χ0) is 12.3. The van der Waals surface area contributed by atoms with Crippen LogP contribution in [0.1, 0.15) is 18.4 Å². The summed E-state index contributed by atoms with van der Waals surface area (Å²) in [6.07, 6.45) is 1.97. The number of thioether (sulfide) groups is 1. The van der Waals surface area contributed by atoms with Crippen molar-refractivity contribution < 1.29 is 13.5 Å². The molecule has 0 spiro atoms. The lowest BCUT2D eigenvalue weighted by Crippen LogP contribution is -2.37. The molecule has 0 radical (unpaired) electrons. The fourth-order valence-electron chi connectivity index (χ4n) is 1.69. The van der Waals surface area contributed by atoms with E-state index in [1.807, 2.05) is 0 Å². The third-order valence-corrected chi connectivity index (χ3v) is 6.78. The van der Waals surface area contributed by atoms with Gasteiger partial charge in [-0.15, -0.1) is 11.3 Å². The topological polar surface area (TPSA) is 66.4 Å². The third-order valence-electron chi connectivity index (χ3n) is 2.56. The maximum absolute atomic E-state index is 12.0. The molecule has 1 aromatic rings. The van der Waals surface area contributed by atoms with Crippen LogP contribution in [0.5, 0.6) is 0 Å². The van der Waals surface area contributed by atoms with E-state index in [0.717, 1.165) is 35.7 Å². The summed E-state index contributed by atoms with van der Waals surface area (Å²) in [5, 5.41) is 10.6. The zero-order valence-electron chi connectivity index (χ0n) is 9.26. The summed E-state index contributed by atoms with van der Waals surface area (Å²) < 4.78 is 27.1. The summed E-state index contributed by atoms with van der Waals surface area (Å²) in [5.74, 6) is 1.96. The van der Waals surface area contributed by atoms with Crippen molar-refractivity contribution in [3.63, 3.8) is 0 Å². The summed E-state index contributed by atoms with van der Waals surface area (Å²) in [5.41, 5.74) is 0.647. The molecule has 1 fully saturated rings. The Morgan fingerprint density at radius 2 is 2.35 bits per heavy atom. The van der Waals surface area contributed by atoms with Gasteiger partial charge >= 0.3 is 0 Å². The average molecular weight is 293 g/mol. The lowest BCUT2D eigenvalue weighted by Gasteiger charge is -2.21. The van der Waals surface area contributed by atoms with Crippen LogP contribution in [0.25, 0.3) is 0 Å². The predicted molar refractivity (Wildman–Crippen MR) is 70.9 cm³/mol. The van der Waals surface area contributed by atoms with Crippen molar-refractivity contribution in [3.8, 4) is 0 Å². The van der Waals surface area contributed by atoms with Crippen LogP contribution in [0.2, 0.25) is 0 Å². The summed E-state index contributed by atoms with van der Waals surface area (Å²) in [6.45, 7) is -0.120. The first kappa shape index (κ1) is 13.4. The van der Waals surface area contributed by atoms with E-state index >= 15 is 0 Å². The van der Waals surface area contributed by atoms with Crippen LogP contribution < -0.4 is 4.72 Å². The van der Waals surface area contributed by atoms with E-state index in [4.69, 9.17) is 5.11 Å². The van der Waals surface area contributed by atoms with Crippen LogP contribution >= 0.6 is 23.1 Å². The van der Waals surface area contributed by atoms with Crippen molar-refractivity contribution in [1.29, 1.82) is 0 Å². The molecule has 1 aliphatic heterocycles. The highest BCUT2D eigenvalue weighted by molar-refractivity contribution is 7.99. The molecule has 1 aliphatic rings. The highest BCUT2D eigenvalue weighted by atomic mass is 32.2. The number of aliphatic hydroxyl groups excluding tert-OH is 1. The lowest BCUT2D eigenvalue weighted by molar-refractivity contribution is 0.282. The van der Waals surface area contributed by atoms with E-state index in [0.29, 0.717) is 5.56 Å². The Morgan fingerprint density at radius 3 is 2.94 bits per heavy atom. The van der Waals surface area contributed by atoms with Gasteiger partial charge in [0.2, 0.25) is 10.0 Å². The number of aliphatic hydroxyl groups is 1. The van der Waals surface area contributed by atoms with E-state index in [1.54, 1.807) is 17.1 Å². The number of nitrogens with one attached hydrogen (secondary N) is 1. The minimum Gasteiger partial charge on any atom is -0.392 e. The summed E-state index contributed by atoms with van der Waals surface area (Å²) >= 11 is 2.94. The van der Waals surface area contributed by atoms with Crippen molar-refractivity contribution in [1.82, 2.24) is 4.72 Å². The Morgan fingerprint density at radius 1 is 1.53 bits per heavy atom. The highest BCUT2D eigenvalue weighted by Crippen LogP contribution is 2.23. The van der Waals surface area contributed by atoms with Crippen LogP contribution in [-0.2, 0) is 16.6 Å². The first-order valence-corrected chi connectivity index (χ1v) is 8.92. The maximum atomic E-state index is 12.0. The van der Waals surface area contributed by atoms with Gasteiger partial charge in [-0.25, -0.2) is 13.1 Å². The molecular weight excluding hydrogens is 278 g/mol. The smallest absolute Gasteiger partial charge is 0.250 e. The second-order valence-corrected chi connectivity index (χ2v) is 7.97. The van der Waals surface area contributed by atoms with Crippen LogP contribution in [0.3, 0.4) is 0 Å². The minimum atomic E-state index is -3.41. The molecular formula is C10H15NO3S3. The van der Waals surface area contributed by atoms with Crippen molar-refractivity contribution >= 4 is 33.1 Å². The second-order valence-electron chi connectivity index (χ2n) is 3.97. The summed E-state index contributed by atoms with van der Waals surface area (Å²) in [6, 6.07) is 1.57. The molecule has 4 nitrogen and oxygen atoms in total. The number of hydrogen-bond donors (Lipinski definition) is 2. The fourth-order valence-corrected chi connectivity index (χ4v) is 5.35. The SMILES string of the molecule is O=S(=O)(NC1CCCSC1)c1cc(CO)cs1. The molecule has 2 rings (SSSR count). The van der Waals surface area contributed by atoms with Crippen molar-refractivity contribution in [3.05, 3.63) is 17.0 Å². The Balaban J connectivity index is 2.07. The molecule has 0 amide bonds. The molecule has 1 aromatic heterocycles. The molecule has 17 heavy (non-hydrogen) atoms.